The zero-order valence-electron chi connectivity index (χ0n) is 18.8. The van der Waals surface area contributed by atoms with Gasteiger partial charge in [0.2, 0.25) is 0 Å². The van der Waals surface area contributed by atoms with Crippen LogP contribution in [0, 0.1) is 5.92 Å². The highest BCUT2D eigenvalue weighted by molar-refractivity contribution is 7.98. The average Bonchev–Trinajstić information content (AvgIpc) is 3.24. The zero-order valence-corrected chi connectivity index (χ0v) is 20.4. The van der Waals surface area contributed by atoms with E-state index in [4.69, 9.17) is 4.74 Å². The minimum absolute atomic E-state index is 0.0823. The molecule has 2 aromatic rings. The van der Waals surface area contributed by atoms with E-state index in [1.165, 1.54) is 4.88 Å². The highest BCUT2D eigenvalue weighted by atomic mass is 32.2. The van der Waals surface area contributed by atoms with Crippen LogP contribution in [0.5, 0.6) is 0 Å². The predicted molar refractivity (Wildman–Crippen MR) is 128 cm³/mol. The van der Waals surface area contributed by atoms with E-state index in [0.29, 0.717) is 13.1 Å². The van der Waals surface area contributed by atoms with Crippen LogP contribution in [0.2, 0.25) is 0 Å². The Balaban J connectivity index is 1.61. The van der Waals surface area contributed by atoms with Crippen LogP contribution in [0.15, 0.2) is 46.7 Å². The number of thiophene rings is 1. The molecule has 0 aliphatic carbocycles. The maximum absolute atomic E-state index is 13.3. The van der Waals surface area contributed by atoms with Gasteiger partial charge in [0.1, 0.15) is 5.60 Å². The Labute approximate surface area is 193 Å². The van der Waals surface area contributed by atoms with Gasteiger partial charge < -0.3 is 14.5 Å². The van der Waals surface area contributed by atoms with E-state index in [1.54, 1.807) is 35.0 Å². The van der Waals surface area contributed by atoms with E-state index in [1.807, 2.05) is 49.9 Å². The molecule has 1 aromatic carbocycles. The lowest BCUT2D eigenvalue weighted by Gasteiger charge is -2.35. The van der Waals surface area contributed by atoms with Crippen LogP contribution in [0.25, 0.3) is 0 Å². The predicted octanol–water partition coefficient (Wildman–Crippen LogP) is 5.76. The summed E-state index contributed by atoms with van der Waals surface area (Å²) in [5.74, 6) is 1.20. The van der Waals surface area contributed by atoms with Gasteiger partial charge in [0.05, 0.1) is 5.56 Å². The maximum Gasteiger partial charge on any atom is 0.410 e. The van der Waals surface area contributed by atoms with Gasteiger partial charge in [-0.3, -0.25) is 4.79 Å². The number of thioether (sulfide) groups is 1. The Hall–Kier alpha value is -1.99. The van der Waals surface area contributed by atoms with Crippen molar-refractivity contribution in [3.63, 3.8) is 0 Å². The Morgan fingerprint density at radius 2 is 2.00 bits per heavy atom. The SMILES string of the molecule is CN(CC1CCCN(C(=O)c2ccccc2SCc2cccs2)C1)C(=O)OC(C)(C)C. The molecule has 0 radical (unpaired) electrons. The van der Waals surface area contributed by atoms with E-state index < -0.39 is 5.60 Å². The third-order valence-electron chi connectivity index (χ3n) is 5.11. The molecule has 1 saturated heterocycles. The smallest absolute Gasteiger partial charge is 0.410 e. The molecular formula is C24H32N2O3S2. The van der Waals surface area contributed by atoms with E-state index in [2.05, 4.69) is 17.5 Å². The topological polar surface area (TPSA) is 49.9 Å². The average molecular weight is 461 g/mol. The molecule has 2 heterocycles. The largest absolute Gasteiger partial charge is 0.444 e. The van der Waals surface area contributed by atoms with Gasteiger partial charge in [-0.05, 0) is 63.1 Å². The lowest BCUT2D eigenvalue weighted by atomic mass is 9.97. The van der Waals surface area contributed by atoms with Crippen molar-refractivity contribution in [1.29, 1.82) is 0 Å². The molecule has 168 valence electrons. The minimum Gasteiger partial charge on any atom is -0.444 e. The maximum atomic E-state index is 13.3. The second kappa shape index (κ2) is 10.6. The van der Waals surface area contributed by atoms with Gasteiger partial charge in [-0.2, -0.15) is 0 Å². The molecule has 1 aliphatic rings. The molecule has 1 aromatic heterocycles. The number of likely N-dealkylation sites (tertiary alicyclic amines) is 1. The molecule has 1 fully saturated rings. The van der Waals surface area contributed by atoms with Gasteiger partial charge in [-0.1, -0.05) is 18.2 Å². The fourth-order valence-corrected chi connectivity index (χ4v) is 5.50. The van der Waals surface area contributed by atoms with Gasteiger partial charge in [0, 0.05) is 42.2 Å². The van der Waals surface area contributed by atoms with Crippen molar-refractivity contribution in [2.75, 3.05) is 26.7 Å². The summed E-state index contributed by atoms with van der Waals surface area (Å²) in [7, 11) is 1.77. The van der Waals surface area contributed by atoms with Crippen LogP contribution in [0.4, 0.5) is 4.79 Å². The van der Waals surface area contributed by atoms with Crippen LogP contribution in [-0.2, 0) is 10.5 Å². The summed E-state index contributed by atoms with van der Waals surface area (Å²) >= 11 is 3.45. The van der Waals surface area contributed by atoms with Gasteiger partial charge in [0.25, 0.3) is 5.91 Å². The standard InChI is InChI=1S/C24H32N2O3S2/c1-24(2,3)29-23(28)25(4)15-18-9-7-13-26(16-18)22(27)20-11-5-6-12-21(20)31-17-19-10-8-14-30-19/h5-6,8,10-12,14,18H,7,9,13,15-17H2,1-4H3. The lowest BCUT2D eigenvalue weighted by Crippen LogP contribution is -2.45. The van der Waals surface area contributed by atoms with Crippen molar-refractivity contribution in [2.24, 2.45) is 5.92 Å². The molecule has 1 atom stereocenters. The molecule has 5 nitrogen and oxygen atoms in total. The summed E-state index contributed by atoms with van der Waals surface area (Å²) < 4.78 is 5.46. The van der Waals surface area contributed by atoms with Crippen LogP contribution in [-0.4, -0.2) is 54.1 Å². The van der Waals surface area contributed by atoms with Crippen LogP contribution in [0.1, 0.15) is 48.8 Å². The summed E-state index contributed by atoms with van der Waals surface area (Å²) in [5.41, 5.74) is 0.259. The van der Waals surface area contributed by atoms with Crippen molar-refractivity contribution in [3.05, 3.63) is 52.2 Å². The third kappa shape index (κ3) is 7.01. The first kappa shape index (κ1) is 23.7. The van der Waals surface area contributed by atoms with Crippen molar-refractivity contribution in [2.45, 2.75) is 49.9 Å². The number of hydrogen-bond acceptors (Lipinski definition) is 5. The van der Waals surface area contributed by atoms with E-state index in [9.17, 15) is 9.59 Å². The molecule has 1 aliphatic heterocycles. The minimum atomic E-state index is -0.510. The second-order valence-electron chi connectivity index (χ2n) is 8.98. The number of benzene rings is 1. The summed E-state index contributed by atoms with van der Waals surface area (Å²) in [5, 5.41) is 2.08. The Morgan fingerprint density at radius 3 is 2.71 bits per heavy atom. The van der Waals surface area contributed by atoms with Crippen molar-refractivity contribution in [3.8, 4) is 0 Å². The summed E-state index contributed by atoms with van der Waals surface area (Å²) in [6, 6.07) is 12.1. The summed E-state index contributed by atoms with van der Waals surface area (Å²) in [6.07, 6.45) is 1.64. The van der Waals surface area contributed by atoms with Gasteiger partial charge in [0.15, 0.2) is 0 Å². The zero-order chi connectivity index (χ0) is 22.4. The van der Waals surface area contributed by atoms with Gasteiger partial charge >= 0.3 is 6.09 Å². The van der Waals surface area contributed by atoms with Crippen LogP contribution in [0.3, 0.4) is 0 Å². The number of carbonyl (C=O) groups is 2. The van der Waals surface area contributed by atoms with Crippen molar-refractivity contribution in [1.82, 2.24) is 9.80 Å². The third-order valence-corrected chi connectivity index (χ3v) is 7.29. The van der Waals surface area contributed by atoms with E-state index >= 15 is 0 Å². The Kier molecular flexibility index (Phi) is 8.06. The molecule has 31 heavy (non-hydrogen) atoms. The molecule has 0 bridgehead atoms. The Morgan fingerprint density at radius 1 is 1.23 bits per heavy atom. The normalized spacial score (nSPS) is 16.8. The number of piperidine rings is 1. The second-order valence-corrected chi connectivity index (χ2v) is 11.0. The number of ether oxygens (including phenoxy) is 1. The first-order valence-corrected chi connectivity index (χ1v) is 12.6. The van der Waals surface area contributed by atoms with Crippen molar-refractivity contribution >= 4 is 35.1 Å². The van der Waals surface area contributed by atoms with Gasteiger partial charge in [-0.25, -0.2) is 4.79 Å². The van der Waals surface area contributed by atoms with E-state index in [-0.39, 0.29) is 17.9 Å². The first-order chi connectivity index (χ1) is 14.7. The van der Waals surface area contributed by atoms with Crippen LogP contribution < -0.4 is 0 Å². The summed E-state index contributed by atoms with van der Waals surface area (Å²) in [4.78, 5) is 31.6. The first-order valence-electron chi connectivity index (χ1n) is 10.7. The van der Waals surface area contributed by atoms with Crippen LogP contribution >= 0.6 is 23.1 Å². The fourth-order valence-electron chi connectivity index (χ4n) is 3.68. The van der Waals surface area contributed by atoms with E-state index in [0.717, 1.165) is 35.6 Å². The quantitative estimate of drug-likeness (QED) is 0.514. The number of amides is 2. The molecule has 1 unspecified atom stereocenters. The molecule has 0 spiro atoms. The number of nitrogens with zero attached hydrogens (tertiary/aromatic N) is 2. The molecule has 0 N–H and O–H groups in total. The van der Waals surface area contributed by atoms with Gasteiger partial charge in [-0.15, -0.1) is 23.1 Å². The molecule has 3 rings (SSSR count). The number of rotatable bonds is 6. The molecular weight excluding hydrogens is 428 g/mol. The molecule has 2 amide bonds. The lowest BCUT2D eigenvalue weighted by molar-refractivity contribution is 0.0244. The fraction of sp³-hybridized carbons (Fsp3) is 0.500. The molecule has 0 saturated carbocycles. The monoisotopic (exact) mass is 460 g/mol. The highest BCUT2D eigenvalue weighted by Gasteiger charge is 2.28. The van der Waals surface area contributed by atoms with Crippen molar-refractivity contribution < 1.29 is 14.3 Å². The number of hydrogen-bond donors (Lipinski definition) is 0. The Bertz CT molecular complexity index is 877. The number of carbonyl (C=O) groups excluding carboxylic acids is 2. The summed E-state index contributed by atoms with van der Waals surface area (Å²) in [6.45, 7) is 7.62. The molecule has 7 heteroatoms. The highest BCUT2D eigenvalue weighted by Crippen LogP contribution is 2.30.